The normalized spacial score (nSPS) is 17.6. The standard InChI is InChI=1S/C13H16ClNO/c1-13(7-2-8-13)15-12(16)11-5-3-10(9-14)4-6-11/h3-6H,2,7-9H2,1H3,(H,15,16). The van der Waals surface area contributed by atoms with Crippen molar-refractivity contribution >= 4 is 17.5 Å². The number of carbonyl (C=O) groups excluding carboxylic acids is 1. The molecule has 0 heterocycles. The van der Waals surface area contributed by atoms with Crippen LogP contribution in [0.1, 0.15) is 42.1 Å². The van der Waals surface area contributed by atoms with Crippen molar-refractivity contribution in [2.75, 3.05) is 0 Å². The molecular formula is C13H16ClNO. The summed E-state index contributed by atoms with van der Waals surface area (Å²) in [6.45, 7) is 2.10. The van der Waals surface area contributed by atoms with Gasteiger partial charge in [0.2, 0.25) is 0 Å². The zero-order valence-corrected chi connectivity index (χ0v) is 10.2. The van der Waals surface area contributed by atoms with Gasteiger partial charge in [-0.1, -0.05) is 12.1 Å². The summed E-state index contributed by atoms with van der Waals surface area (Å²) in [5.41, 5.74) is 1.76. The van der Waals surface area contributed by atoms with Crippen LogP contribution < -0.4 is 5.32 Å². The molecule has 16 heavy (non-hydrogen) atoms. The molecule has 1 aliphatic rings. The molecule has 1 saturated carbocycles. The number of nitrogens with one attached hydrogen (secondary N) is 1. The lowest BCUT2D eigenvalue weighted by molar-refractivity contribution is 0.0850. The van der Waals surface area contributed by atoms with E-state index in [1.165, 1.54) is 6.42 Å². The smallest absolute Gasteiger partial charge is 0.251 e. The van der Waals surface area contributed by atoms with Gasteiger partial charge in [0.25, 0.3) is 5.91 Å². The molecular weight excluding hydrogens is 222 g/mol. The highest BCUT2D eigenvalue weighted by atomic mass is 35.5. The second-order valence-corrected chi connectivity index (χ2v) is 4.97. The van der Waals surface area contributed by atoms with E-state index < -0.39 is 0 Å². The number of hydrogen-bond donors (Lipinski definition) is 1. The molecule has 3 heteroatoms. The van der Waals surface area contributed by atoms with Crippen LogP contribution in [-0.2, 0) is 5.88 Å². The molecule has 86 valence electrons. The zero-order valence-electron chi connectivity index (χ0n) is 9.42. The minimum atomic E-state index is 0.0161. The van der Waals surface area contributed by atoms with Gasteiger partial charge in [-0.15, -0.1) is 11.6 Å². The molecule has 2 rings (SSSR count). The summed E-state index contributed by atoms with van der Waals surface area (Å²) in [7, 11) is 0. The Morgan fingerprint density at radius 3 is 2.44 bits per heavy atom. The maximum absolute atomic E-state index is 11.9. The first-order chi connectivity index (χ1) is 7.63. The van der Waals surface area contributed by atoms with Gasteiger partial charge in [0.1, 0.15) is 0 Å². The minimum absolute atomic E-state index is 0.0161. The predicted octanol–water partition coefficient (Wildman–Crippen LogP) is 3.10. The van der Waals surface area contributed by atoms with Crippen LogP contribution in [0.2, 0.25) is 0 Å². The number of carbonyl (C=O) groups is 1. The molecule has 2 nitrogen and oxygen atoms in total. The van der Waals surface area contributed by atoms with E-state index in [4.69, 9.17) is 11.6 Å². The highest BCUT2D eigenvalue weighted by Crippen LogP contribution is 2.31. The summed E-state index contributed by atoms with van der Waals surface area (Å²) in [5.74, 6) is 0.503. The monoisotopic (exact) mass is 237 g/mol. The van der Waals surface area contributed by atoms with Gasteiger partial charge in [0.05, 0.1) is 0 Å². The van der Waals surface area contributed by atoms with E-state index in [0.29, 0.717) is 11.4 Å². The lowest BCUT2D eigenvalue weighted by Crippen LogP contribution is -2.50. The van der Waals surface area contributed by atoms with Gasteiger partial charge in [-0.3, -0.25) is 4.79 Å². The van der Waals surface area contributed by atoms with Gasteiger partial charge in [-0.2, -0.15) is 0 Å². The van der Waals surface area contributed by atoms with E-state index in [1.54, 1.807) is 0 Å². The molecule has 1 amide bonds. The van der Waals surface area contributed by atoms with E-state index in [2.05, 4.69) is 12.2 Å². The van der Waals surface area contributed by atoms with E-state index in [9.17, 15) is 4.79 Å². The lowest BCUT2D eigenvalue weighted by Gasteiger charge is -2.39. The Morgan fingerprint density at radius 2 is 2.00 bits per heavy atom. The molecule has 1 aliphatic carbocycles. The molecule has 1 N–H and O–H groups in total. The Morgan fingerprint density at radius 1 is 1.38 bits per heavy atom. The first-order valence-corrected chi connectivity index (χ1v) is 6.14. The fraction of sp³-hybridized carbons (Fsp3) is 0.462. The Bertz CT molecular complexity index is 381. The summed E-state index contributed by atoms with van der Waals surface area (Å²) in [6, 6.07) is 7.44. The molecule has 0 saturated heterocycles. The van der Waals surface area contributed by atoms with Crippen LogP contribution in [0.3, 0.4) is 0 Å². The Labute approximate surface area is 101 Å². The van der Waals surface area contributed by atoms with Gasteiger partial charge in [0, 0.05) is 17.0 Å². The molecule has 0 bridgehead atoms. The maximum atomic E-state index is 11.9. The molecule has 0 aromatic heterocycles. The minimum Gasteiger partial charge on any atom is -0.347 e. The summed E-state index contributed by atoms with van der Waals surface area (Å²) in [5, 5.41) is 3.07. The first kappa shape index (κ1) is 11.5. The Balaban J connectivity index is 2.03. The number of hydrogen-bond acceptors (Lipinski definition) is 1. The molecule has 0 atom stereocenters. The Hall–Kier alpha value is -1.02. The van der Waals surface area contributed by atoms with Crippen molar-refractivity contribution in [2.24, 2.45) is 0 Å². The number of rotatable bonds is 3. The second kappa shape index (κ2) is 4.46. The van der Waals surface area contributed by atoms with Crippen molar-refractivity contribution < 1.29 is 4.79 Å². The molecule has 1 aromatic carbocycles. The predicted molar refractivity (Wildman–Crippen MR) is 65.7 cm³/mol. The van der Waals surface area contributed by atoms with Crippen LogP contribution >= 0.6 is 11.6 Å². The average molecular weight is 238 g/mol. The van der Waals surface area contributed by atoms with Crippen molar-refractivity contribution in [3.63, 3.8) is 0 Å². The van der Waals surface area contributed by atoms with Crippen molar-refractivity contribution in [3.05, 3.63) is 35.4 Å². The SMILES string of the molecule is CC1(NC(=O)c2ccc(CCl)cc2)CCC1. The van der Waals surface area contributed by atoms with Crippen LogP contribution in [0.4, 0.5) is 0 Å². The summed E-state index contributed by atoms with van der Waals surface area (Å²) >= 11 is 5.70. The number of benzene rings is 1. The fourth-order valence-electron chi connectivity index (χ4n) is 1.92. The quantitative estimate of drug-likeness (QED) is 0.805. The largest absolute Gasteiger partial charge is 0.347 e. The highest BCUT2D eigenvalue weighted by Gasteiger charge is 2.33. The van der Waals surface area contributed by atoms with Crippen LogP contribution in [-0.4, -0.2) is 11.4 Å². The molecule has 0 radical (unpaired) electrons. The number of amides is 1. The molecule has 0 unspecified atom stereocenters. The molecule has 1 aromatic rings. The van der Waals surface area contributed by atoms with Crippen molar-refractivity contribution in [1.82, 2.24) is 5.32 Å². The van der Waals surface area contributed by atoms with Crippen molar-refractivity contribution in [2.45, 2.75) is 37.6 Å². The summed E-state index contributed by atoms with van der Waals surface area (Å²) in [4.78, 5) is 11.9. The second-order valence-electron chi connectivity index (χ2n) is 4.70. The highest BCUT2D eigenvalue weighted by molar-refractivity contribution is 6.17. The maximum Gasteiger partial charge on any atom is 0.251 e. The van der Waals surface area contributed by atoms with E-state index in [1.807, 2.05) is 24.3 Å². The Kier molecular flexibility index (Phi) is 3.20. The van der Waals surface area contributed by atoms with E-state index in [-0.39, 0.29) is 11.4 Å². The van der Waals surface area contributed by atoms with Gasteiger partial charge in [-0.25, -0.2) is 0 Å². The van der Waals surface area contributed by atoms with Crippen LogP contribution in [0.15, 0.2) is 24.3 Å². The fourth-order valence-corrected chi connectivity index (χ4v) is 2.10. The lowest BCUT2D eigenvalue weighted by atomic mass is 9.78. The van der Waals surface area contributed by atoms with Crippen LogP contribution in [0.5, 0.6) is 0 Å². The van der Waals surface area contributed by atoms with E-state index >= 15 is 0 Å². The molecule has 0 spiro atoms. The third-order valence-corrected chi connectivity index (χ3v) is 3.55. The van der Waals surface area contributed by atoms with Gasteiger partial charge in [-0.05, 0) is 43.9 Å². The third kappa shape index (κ3) is 2.38. The number of alkyl halides is 1. The van der Waals surface area contributed by atoms with Crippen LogP contribution in [0.25, 0.3) is 0 Å². The molecule has 0 aliphatic heterocycles. The van der Waals surface area contributed by atoms with Crippen LogP contribution in [0, 0.1) is 0 Å². The van der Waals surface area contributed by atoms with Gasteiger partial charge < -0.3 is 5.32 Å². The summed E-state index contributed by atoms with van der Waals surface area (Å²) in [6.07, 6.45) is 3.37. The first-order valence-electron chi connectivity index (χ1n) is 5.60. The topological polar surface area (TPSA) is 29.1 Å². The summed E-state index contributed by atoms with van der Waals surface area (Å²) < 4.78 is 0. The van der Waals surface area contributed by atoms with Gasteiger partial charge >= 0.3 is 0 Å². The molecule has 1 fully saturated rings. The zero-order chi connectivity index (χ0) is 11.6. The van der Waals surface area contributed by atoms with Gasteiger partial charge in [0.15, 0.2) is 0 Å². The van der Waals surface area contributed by atoms with Crippen molar-refractivity contribution in [3.8, 4) is 0 Å². The van der Waals surface area contributed by atoms with E-state index in [0.717, 1.165) is 18.4 Å². The third-order valence-electron chi connectivity index (χ3n) is 3.24. The van der Waals surface area contributed by atoms with Crippen molar-refractivity contribution in [1.29, 1.82) is 0 Å². The number of halogens is 1. The average Bonchev–Trinajstić information content (AvgIpc) is 2.27.